The molecule has 12 heteroatoms. The quantitative estimate of drug-likeness (QED) is 0.307. The van der Waals surface area contributed by atoms with E-state index in [2.05, 4.69) is 15.2 Å². The standard InChI is InChI=1S/C26H28N6O6/c1-29-23-18(3-2-4-19(23)31(25(29)35)20-6-8-22(33)28-24(20)34)30-11-9-26(10-12-30)13-17(14-26)38-16-5-7-21(27-15-16)32(36)37/h2-5,7,15,17,20H,6,8-14H2,1H3,(H,28,33,34). The number of nitrogens with one attached hydrogen (secondary N) is 1. The van der Waals surface area contributed by atoms with E-state index in [0.717, 1.165) is 50.0 Å². The highest BCUT2D eigenvalue weighted by molar-refractivity contribution is 6.00. The Kier molecular flexibility index (Phi) is 5.69. The first-order valence-electron chi connectivity index (χ1n) is 12.8. The van der Waals surface area contributed by atoms with E-state index in [1.165, 1.54) is 16.8 Å². The molecule has 1 saturated carbocycles. The first-order chi connectivity index (χ1) is 18.2. The summed E-state index contributed by atoms with van der Waals surface area (Å²) in [6.07, 6.45) is 5.80. The van der Waals surface area contributed by atoms with Crippen LogP contribution < -0.4 is 20.6 Å². The first kappa shape index (κ1) is 24.1. The minimum atomic E-state index is -0.707. The van der Waals surface area contributed by atoms with Crippen molar-refractivity contribution in [3.8, 4) is 5.75 Å². The molecule has 1 N–H and O–H groups in total. The van der Waals surface area contributed by atoms with Crippen LogP contribution in [0.1, 0.15) is 44.6 Å². The predicted molar refractivity (Wildman–Crippen MR) is 137 cm³/mol. The predicted octanol–water partition coefficient (Wildman–Crippen LogP) is 2.45. The Labute approximate surface area is 217 Å². The summed E-state index contributed by atoms with van der Waals surface area (Å²) in [4.78, 5) is 53.8. The zero-order valence-electron chi connectivity index (χ0n) is 21.0. The van der Waals surface area contributed by atoms with E-state index >= 15 is 0 Å². The van der Waals surface area contributed by atoms with E-state index in [1.54, 1.807) is 17.7 Å². The van der Waals surface area contributed by atoms with E-state index in [-0.39, 0.29) is 35.4 Å². The van der Waals surface area contributed by atoms with Gasteiger partial charge in [0.25, 0.3) is 0 Å². The summed E-state index contributed by atoms with van der Waals surface area (Å²) in [6, 6.07) is 8.02. The number of pyridine rings is 1. The average Bonchev–Trinajstić information content (AvgIpc) is 3.14. The van der Waals surface area contributed by atoms with Crippen molar-refractivity contribution in [2.45, 2.75) is 50.7 Å². The van der Waals surface area contributed by atoms with Gasteiger partial charge < -0.3 is 19.8 Å². The lowest BCUT2D eigenvalue weighted by atomic mass is 9.61. The Balaban J connectivity index is 1.15. The van der Waals surface area contributed by atoms with Gasteiger partial charge in [-0.15, -0.1) is 0 Å². The van der Waals surface area contributed by atoms with Crippen LogP contribution in [0.25, 0.3) is 11.0 Å². The fraction of sp³-hybridized carbons (Fsp3) is 0.462. The van der Waals surface area contributed by atoms with Crippen LogP contribution in [0.4, 0.5) is 11.5 Å². The molecule has 0 radical (unpaired) electrons. The molecule has 3 aliphatic rings. The Morgan fingerprint density at radius 1 is 1.13 bits per heavy atom. The third-order valence-corrected chi connectivity index (χ3v) is 8.30. The van der Waals surface area contributed by atoms with Gasteiger partial charge in [0.2, 0.25) is 11.8 Å². The SMILES string of the molecule is Cn1c(=O)n(C2CCC(=O)NC2=O)c2cccc(N3CCC4(CC3)CC(Oc3ccc([N+](=O)[O-])nc3)C4)c21. The van der Waals surface area contributed by atoms with Gasteiger partial charge in [-0.2, -0.15) is 0 Å². The molecule has 2 aliphatic heterocycles. The Morgan fingerprint density at radius 3 is 2.55 bits per heavy atom. The van der Waals surface area contributed by atoms with Crippen molar-refractivity contribution >= 4 is 34.4 Å². The number of benzene rings is 1. The minimum Gasteiger partial charge on any atom is -0.486 e. The molecule has 1 atom stereocenters. The number of aryl methyl sites for hydroxylation is 1. The van der Waals surface area contributed by atoms with Crippen LogP contribution in [0.3, 0.4) is 0 Å². The number of imide groups is 1. The highest BCUT2D eigenvalue weighted by atomic mass is 16.6. The second kappa shape index (κ2) is 8.96. The molecule has 12 nitrogen and oxygen atoms in total. The molecule has 3 aromatic rings. The topological polar surface area (TPSA) is 142 Å². The Morgan fingerprint density at radius 2 is 1.89 bits per heavy atom. The van der Waals surface area contributed by atoms with Crippen molar-refractivity contribution in [3.05, 3.63) is 57.1 Å². The molecule has 2 amide bonds. The summed E-state index contributed by atoms with van der Waals surface area (Å²) >= 11 is 0. The number of nitro groups is 1. The summed E-state index contributed by atoms with van der Waals surface area (Å²) in [5.74, 6) is -0.404. The van der Waals surface area contributed by atoms with Crippen molar-refractivity contribution in [3.63, 3.8) is 0 Å². The average molecular weight is 521 g/mol. The molecular formula is C26H28N6O6. The number of fused-ring (bicyclic) bond motifs is 1. The van der Waals surface area contributed by atoms with Gasteiger partial charge in [-0.3, -0.25) is 24.0 Å². The molecule has 0 bridgehead atoms. The molecule has 6 rings (SSSR count). The summed E-state index contributed by atoms with van der Waals surface area (Å²) < 4.78 is 9.12. The summed E-state index contributed by atoms with van der Waals surface area (Å²) in [7, 11) is 1.73. The molecule has 1 unspecified atom stereocenters. The molecule has 38 heavy (non-hydrogen) atoms. The number of anilines is 1. The Bertz CT molecular complexity index is 1490. The monoisotopic (exact) mass is 520 g/mol. The highest BCUT2D eigenvalue weighted by Crippen LogP contribution is 2.51. The molecule has 4 heterocycles. The van der Waals surface area contributed by atoms with Crippen LogP contribution in [0.5, 0.6) is 5.75 Å². The lowest BCUT2D eigenvalue weighted by molar-refractivity contribution is -0.389. The van der Waals surface area contributed by atoms with E-state index in [0.29, 0.717) is 17.7 Å². The van der Waals surface area contributed by atoms with E-state index < -0.39 is 16.9 Å². The van der Waals surface area contributed by atoms with Crippen LogP contribution in [0, 0.1) is 15.5 Å². The van der Waals surface area contributed by atoms with Crippen LogP contribution in [-0.2, 0) is 16.6 Å². The van der Waals surface area contributed by atoms with Crippen molar-refractivity contribution in [1.29, 1.82) is 0 Å². The Hall–Kier alpha value is -4.22. The number of hydrogen-bond donors (Lipinski definition) is 1. The van der Waals surface area contributed by atoms with Gasteiger partial charge in [-0.1, -0.05) is 6.07 Å². The number of carbonyl (C=O) groups excluding carboxylic acids is 2. The normalized spacial score (nSPS) is 21.4. The van der Waals surface area contributed by atoms with Crippen molar-refractivity contribution in [2.75, 3.05) is 18.0 Å². The van der Waals surface area contributed by atoms with Gasteiger partial charge in [0.1, 0.15) is 6.04 Å². The van der Waals surface area contributed by atoms with Gasteiger partial charge >= 0.3 is 11.5 Å². The van der Waals surface area contributed by atoms with Crippen molar-refractivity contribution < 1.29 is 19.2 Å². The fourth-order valence-electron chi connectivity index (χ4n) is 6.27. The molecule has 1 spiro atoms. The summed E-state index contributed by atoms with van der Waals surface area (Å²) in [5, 5.41) is 13.1. The summed E-state index contributed by atoms with van der Waals surface area (Å²) in [6.45, 7) is 1.67. The number of piperidine rings is 2. The number of aromatic nitrogens is 3. The smallest absolute Gasteiger partial charge is 0.363 e. The molecule has 2 aromatic heterocycles. The first-order valence-corrected chi connectivity index (χ1v) is 12.8. The van der Waals surface area contributed by atoms with Crippen LogP contribution in [0.15, 0.2) is 41.3 Å². The number of para-hydroxylation sites is 1. The number of ether oxygens (including phenoxy) is 1. The zero-order valence-corrected chi connectivity index (χ0v) is 21.0. The zero-order chi connectivity index (χ0) is 26.6. The van der Waals surface area contributed by atoms with Gasteiger partial charge in [0.05, 0.1) is 22.8 Å². The van der Waals surface area contributed by atoms with Gasteiger partial charge in [-0.05, 0) is 65.6 Å². The summed E-state index contributed by atoms with van der Waals surface area (Å²) in [5.41, 5.74) is 2.38. The number of imidazole rings is 1. The second-order valence-corrected chi connectivity index (χ2v) is 10.6. The fourth-order valence-corrected chi connectivity index (χ4v) is 6.27. The molecule has 2 saturated heterocycles. The number of carbonyl (C=O) groups is 2. The van der Waals surface area contributed by atoms with Crippen molar-refractivity contribution in [2.24, 2.45) is 12.5 Å². The second-order valence-electron chi connectivity index (χ2n) is 10.6. The van der Waals surface area contributed by atoms with Crippen LogP contribution >= 0.6 is 0 Å². The van der Waals surface area contributed by atoms with Gasteiger partial charge in [0.15, 0.2) is 11.9 Å². The molecule has 1 aliphatic carbocycles. The number of rotatable bonds is 5. The number of amides is 2. The molecule has 198 valence electrons. The van der Waals surface area contributed by atoms with E-state index in [1.807, 2.05) is 18.2 Å². The van der Waals surface area contributed by atoms with Crippen LogP contribution in [0.2, 0.25) is 0 Å². The third-order valence-electron chi connectivity index (χ3n) is 8.30. The van der Waals surface area contributed by atoms with Gasteiger partial charge in [-0.25, -0.2) is 4.79 Å². The molecule has 3 fully saturated rings. The molecule has 1 aromatic carbocycles. The highest BCUT2D eigenvalue weighted by Gasteiger charge is 2.47. The maximum atomic E-state index is 13.2. The van der Waals surface area contributed by atoms with Gasteiger partial charge in [0, 0.05) is 32.6 Å². The van der Waals surface area contributed by atoms with E-state index in [4.69, 9.17) is 4.74 Å². The maximum Gasteiger partial charge on any atom is 0.363 e. The van der Waals surface area contributed by atoms with Crippen molar-refractivity contribution in [1.82, 2.24) is 19.4 Å². The minimum absolute atomic E-state index is 0.0663. The lowest BCUT2D eigenvalue weighted by Gasteiger charge is -2.52. The van der Waals surface area contributed by atoms with E-state index in [9.17, 15) is 24.5 Å². The van der Waals surface area contributed by atoms with Crippen LogP contribution in [-0.4, -0.2) is 50.0 Å². The third kappa shape index (κ3) is 4.00. The number of nitrogens with zero attached hydrogens (tertiary/aromatic N) is 5. The number of hydrogen-bond acceptors (Lipinski definition) is 8. The lowest BCUT2D eigenvalue weighted by Crippen LogP contribution is -2.51. The largest absolute Gasteiger partial charge is 0.486 e. The molecular weight excluding hydrogens is 492 g/mol. The maximum absolute atomic E-state index is 13.2.